The molecule has 1 rings (SSSR count). The Hall–Kier alpha value is -1.34. The summed E-state index contributed by atoms with van der Waals surface area (Å²) >= 11 is 0. The van der Waals surface area contributed by atoms with Crippen molar-refractivity contribution in [2.75, 3.05) is 39.9 Å². The van der Waals surface area contributed by atoms with Crippen LogP contribution in [0.25, 0.3) is 0 Å². The molecule has 0 spiro atoms. The maximum Gasteiger partial charge on any atom is 0.410 e. The molecule has 22 heavy (non-hydrogen) atoms. The molecular formula is C15H29N3O4. The first kappa shape index (κ1) is 18.7. The average molecular weight is 315 g/mol. The maximum atomic E-state index is 11.9. The minimum Gasteiger partial charge on any atom is -0.444 e. The molecule has 0 saturated carbocycles. The van der Waals surface area contributed by atoms with Gasteiger partial charge in [-0.1, -0.05) is 0 Å². The van der Waals surface area contributed by atoms with Crippen molar-refractivity contribution in [1.82, 2.24) is 15.5 Å². The monoisotopic (exact) mass is 315 g/mol. The molecule has 1 atom stereocenters. The summed E-state index contributed by atoms with van der Waals surface area (Å²) in [6.45, 7) is 8.55. The topological polar surface area (TPSA) is 79.9 Å². The van der Waals surface area contributed by atoms with E-state index in [-0.39, 0.29) is 18.0 Å². The number of methoxy groups -OCH3 is 1. The van der Waals surface area contributed by atoms with Crippen LogP contribution >= 0.6 is 0 Å². The third-order valence-electron chi connectivity index (χ3n) is 3.25. The minimum atomic E-state index is -0.469. The molecule has 1 heterocycles. The Labute approximate surface area is 132 Å². The molecule has 1 fully saturated rings. The molecule has 1 aliphatic rings. The van der Waals surface area contributed by atoms with Crippen LogP contribution in [-0.2, 0) is 14.3 Å². The standard InChI is InChI=1S/C15H29N3O4/c1-15(2,3)22-14(20)18-9-6-12(11-18)16-7-5-13(19)17-8-10-21-4/h12,16H,5-11H2,1-4H3,(H,17,19). The van der Waals surface area contributed by atoms with Crippen LogP contribution in [0.15, 0.2) is 0 Å². The van der Waals surface area contributed by atoms with Crippen molar-refractivity contribution in [2.24, 2.45) is 0 Å². The minimum absolute atomic E-state index is 0.00606. The molecule has 0 radical (unpaired) electrons. The summed E-state index contributed by atoms with van der Waals surface area (Å²) < 4.78 is 10.2. The summed E-state index contributed by atoms with van der Waals surface area (Å²) in [5.74, 6) is 0.00606. The van der Waals surface area contributed by atoms with Gasteiger partial charge < -0.3 is 25.0 Å². The fourth-order valence-electron chi connectivity index (χ4n) is 2.19. The molecule has 0 aromatic carbocycles. The molecule has 1 aliphatic heterocycles. The molecule has 7 nitrogen and oxygen atoms in total. The number of carbonyl (C=O) groups is 2. The number of hydrogen-bond acceptors (Lipinski definition) is 5. The van der Waals surface area contributed by atoms with Crippen molar-refractivity contribution in [1.29, 1.82) is 0 Å². The van der Waals surface area contributed by atoms with E-state index in [4.69, 9.17) is 9.47 Å². The summed E-state index contributed by atoms with van der Waals surface area (Å²) in [6.07, 6.45) is 1.03. The summed E-state index contributed by atoms with van der Waals surface area (Å²) in [5, 5.41) is 6.08. The second-order valence-electron chi connectivity index (χ2n) is 6.46. The zero-order valence-electron chi connectivity index (χ0n) is 14.1. The number of likely N-dealkylation sites (tertiary alicyclic amines) is 1. The normalized spacial score (nSPS) is 18.4. The Morgan fingerprint density at radius 2 is 2.00 bits per heavy atom. The van der Waals surface area contributed by atoms with E-state index in [0.29, 0.717) is 39.2 Å². The van der Waals surface area contributed by atoms with Crippen LogP contribution in [-0.4, -0.2) is 68.4 Å². The van der Waals surface area contributed by atoms with Gasteiger partial charge in [-0.3, -0.25) is 4.79 Å². The molecular weight excluding hydrogens is 286 g/mol. The van der Waals surface area contributed by atoms with E-state index in [1.54, 1.807) is 12.0 Å². The molecule has 1 unspecified atom stereocenters. The smallest absolute Gasteiger partial charge is 0.410 e. The third kappa shape index (κ3) is 7.61. The largest absolute Gasteiger partial charge is 0.444 e. The van der Waals surface area contributed by atoms with E-state index < -0.39 is 5.60 Å². The van der Waals surface area contributed by atoms with Crippen LogP contribution in [0.5, 0.6) is 0 Å². The van der Waals surface area contributed by atoms with Crippen LogP contribution in [0, 0.1) is 0 Å². The van der Waals surface area contributed by atoms with E-state index in [1.165, 1.54) is 0 Å². The van der Waals surface area contributed by atoms with Crippen LogP contribution in [0.4, 0.5) is 4.79 Å². The quantitative estimate of drug-likeness (QED) is 0.677. The van der Waals surface area contributed by atoms with Crippen molar-refractivity contribution in [2.45, 2.75) is 45.3 Å². The fourth-order valence-corrected chi connectivity index (χ4v) is 2.19. The number of nitrogens with one attached hydrogen (secondary N) is 2. The Bertz CT molecular complexity index is 368. The predicted molar refractivity (Wildman–Crippen MR) is 83.7 cm³/mol. The first-order chi connectivity index (χ1) is 10.3. The Kier molecular flexibility index (Phi) is 7.61. The Morgan fingerprint density at radius 3 is 2.64 bits per heavy atom. The third-order valence-corrected chi connectivity index (χ3v) is 3.25. The molecule has 1 saturated heterocycles. The van der Waals surface area contributed by atoms with Crippen LogP contribution in [0.1, 0.15) is 33.6 Å². The zero-order valence-corrected chi connectivity index (χ0v) is 14.1. The molecule has 0 aromatic rings. The van der Waals surface area contributed by atoms with Crippen LogP contribution in [0.2, 0.25) is 0 Å². The van der Waals surface area contributed by atoms with Gasteiger partial charge >= 0.3 is 6.09 Å². The van der Waals surface area contributed by atoms with Crippen molar-refractivity contribution >= 4 is 12.0 Å². The number of hydrogen-bond donors (Lipinski definition) is 2. The first-order valence-corrected chi connectivity index (χ1v) is 7.79. The molecule has 128 valence electrons. The van der Waals surface area contributed by atoms with Gasteiger partial charge in [0, 0.05) is 45.8 Å². The van der Waals surface area contributed by atoms with Gasteiger partial charge in [-0.25, -0.2) is 4.79 Å². The molecule has 0 bridgehead atoms. The zero-order chi connectivity index (χ0) is 16.6. The van der Waals surface area contributed by atoms with E-state index >= 15 is 0 Å². The van der Waals surface area contributed by atoms with E-state index in [9.17, 15) is 9.59 Å². The highest BCUT2D eigenvalue weighted by Gasteiger charge is 2.29. The van der Waals surface area contributed by atoms with Gasteiger partial charge in [0.1, 0.15) is 5.60 Å². The van der Waals surface area contributed by atoms with Gasteiger partial charge in [0.2, 0.25) is 5.91 Å². The number of nitrogens with zero attached hydrogens (tertiary/aromatic N) is 1. The summed E-state index contributed by atoms with van der Waals surface area (Å²) in [4.78, 5) is 25.2. The molecule has 2 N–H and O–H groups in total. The maximum absolute atomic E-state index is 11.9. The van der Waals surface area contributed by atoms with Gasteiger partial charge in [-0.05, 0) is 27.2 Å². The SMILES string of the molecule is COCCNC(=O)CCNC1CCN(C(=O)OC(C)(C)C)C1. The molecule has 0 aliphatic carbocycles. The highest BCUT2D eigenvalue weighted by Crippen LogP contribution is 2.15. The molecule has 7 heteroatoms. The van der Waals surface area contributed by atoms with Crippen molar-refractivity contribution in [3.63, 3.8) is 0 Å². The Balaban J connectivity index is 2.16. The van der Waals surface area contributed by atoms with E-state index in [1.807, 2.05) is 20.8 Å². The fraction of sp³-hybridized carbons (Fsp3) is 0.867. The van der Waals surface area contributed by atoms with Crippen molar-refractivity contribution < 1.29 is 19.1 Å². The van der Waals surface area contributed by atoms with Crippen molar-refractivity contribution in [3.8, 4) is 0 Å². The highest BCUT2D eigenvalue weighted by atomic mass is 16.6. The first-order valence-electron chi connectivity index (χ1n) is 7.79. The number of carbonyl (C=O) groups excluding carboxylic acids is 2. The van der Waals surface area contributed by atoms with Gasteiger partial charge in [0.25, 0.3) is 0 Å². The van der Waals surface area contributed by atoms with Gasteiger partial charge in [0.15, 0.2) is 0 Å². The summed E-state index contributed by atoms with van der Waals surface area (Å²) in [7, 11) is 1.60. The lowest BCUT2D eigenvalue weighted by molar-refractivity contribution is -0.121. The predicted octanol–water partition coefficient (Wildman–Crippen LogP) is 0.738. The number of ether oxygens (including phenoxy) is 2. The van der Waals surface area contributed by atoms with Crippen molar-refractivity contribution in [3.05, 3.63) is 0 Å². The number of amides is 2. The second kappa shape index (κ2) is 8.95. The van der Waals surface area contributed by atoms with E-state index in [0.717, 1.165) is 6.42 Å². The molecule has 0 aromatic heterocycles. The Morgan fingerprint density at radius 1 is 1.27 bits per heavy atom. The summed E-state index contributed by atoms with van der Waals surface area (Å²) in [5.41, 5.74) is -0.469. The van der Waals surface area contributed by atoms with E-state index in [2.05, 4.69) is 10.6 Å². The number of rotatable bonds is 7. The van der Waals surface area contributed by atoms with Crippen LogP contribution in [0.3, 0.4) is 0 Å². The van der Waals surface area contributed by atoms with Gasteiger partial charge in [-0.15, -0.1) is 0 Å². The van der Waals surface area contributed by atoms with Crippen LogP contribution < -0.4 is 10.6 Å². The second-order valence-corrected chi connectivity index (χ2v) is 6.46. The highest BCUT2D eigenvalue weighted by molar-refractivity contribution is 5.76. The van der Waals surface area contributed by atoms with Gasteiger partial charge in [-0.2, -0.15) is 0 Å². The molecule has 2 amide bonds. The lowest BCUT2D eigenvalue weighted by Gasteiger charge is -2.24. The average Bonchev–Trinajstić information content (AvgIpc) is 2.86. The lowest BCUT2D eigenvalue weighted by Crippen LogP contribution is -2.39. The van der Waals surface area contributed by atoms with Gasteiger partial charge in [0.05, 0.1) is 6.61 Å². The summed E-state index contributed by atoms with van der Waals surface area (Å²) in [6, 6.07) is 0.222. The lowest BCUT2D eigenvalue weighted by atomic mass is 10.2.